The number of aryl methyl sites for hydroxylation is 1. The van der Waals surface area contributed by atoms with Gasteiger partial charge >= 0.3 is 0 Å². The van der Waals surface area contributed by atoms with E-state index >= 15 is 0 Å². The predicted octanol–water partition coefficient (Wildman–Crippen LogP) is 2.42. The van der Waals surface area contributed by atoms with Crippen molar-refractivity contribution in [2.75, 3.05) is 31.6 Å². The number of nitrogens with one attached hydrogen (secondary N) is 2. The number of nitrogens with zero attached hydrogens (tertiary/aromatic N) is 2. The number of anilines is 1. The number of carbonyl (C=O) groups is 1. The summed E-state index contributed by atoms with van der Waals surface area (Å²) < 4.78 is 5.80. The third kappa shape index (κ3) is 5.28. The normalized spacial score (nSPS) is 20.6. The lowest BCUT2D eigenvalue weighted by Gasteiger charge is -2.39. The van der Waals surface area contributed by atoms with Crippen molar-refractivity contribution < 1.29 is 9.53 Å². The minimum Gasteiger partial charge on any atom is -0.378 e. The van der Waals surface area contributed by atoms with Crippen molar-refractivity contribution in [2.24, 2.45) is 11.7 Å². The van der Waals surface area contributed by atoms with Gasteiger partial charge in [0.05, 0.1) is 23.3 Å². The zero-order chi connectivity index (χ0) is 21.8. The highest BCUT2D eigenvalue weighted by Gasteiger charge is 2.32. The minimum atomic E-state index is -0.434. The number of hydrogen-bond donors (Lipinski definition) is 3. The number of carbonyl (C=O) groups excluding carboxylic acids is 1. The molecular weight excluding hydrogens is 378 g/mol. The van der Waals surface area contributed by atoms with Gasteiger partial charge in [-0.25, -0.2) is 4.98 Å². The van der Waals surface area contributed by atoms with Gasteiger partial charge in [0.15, 0.2) is 0 Å². The molecule has 0 spiro atoms. The zero-order valence-corrected chi connectivity index (χ0v) is 18.7. The molecule has 164 valence electrons. The molecule has 1 unspecified atom stereocenters. The van der Waals surface area contributed by atoms with Gasteiger partial charge in [-0.1, -0.05) is 25.5 Å². The van der Waals surface area contributed by atoms with Gasteiger partial charge in [-0.3, -0.25) is 4.79 Å². The quantitative estimate of drug-likeness (QED) is 0.604. The van der Waals surface area contributed by atoms with E-state index in [4.69, 9.17) is 15.5 Å². The first-order valence-electron chi connectivity index (χ1n) is 10.8. The molecule has 1 saturated heterocycles. The van der Waals surface area contributed by atoms with Crippen LogP contribution in [0.15, 0.2) is 24.3 Å². The van der Waals surface area contributed by atoms with Crippen LogP contribution in [0.25, 0.3) is 10.9 Å². The maximum Gasteiger partial charge on any atom is 0.256 e. The predicted molar refractivity (Wildman–Crippen MR) is 122 cm³/mol. The Morgan fingerprint density at radius 2 is 2.10 bits per heavy atom. The molecular formula is C23H35N5O2. The lowest BCUT2D eigenvalue weighted by atomic mass is 9.99. The van der Waals surface area contributed by atoms with Crippen molar-refractivity contribution in [1.29, 1.82) is 0 Å². The largest absolute Gasteiger partial charge is 0.378 e. The molecule has 2 aromatic rings. The number of fused-ring (bicyclic) bond motifs is 1. The molecule has 7 nitrogen and oxygen atoms in total. The van der Waals surface area contributed by atoms with Crippen LogP contribution in [-0.4, -0.2) is 55.9 Å². The lowest BCUT2D eigenvalue weighted by molar-refractivity contribution is 0.0588. The number of pyridine rings is 1. The molecule has 2 heterocycles. The number of rotatable bonds is 7. The number of aromatic nitrogens is 1. The van der Waals surface area contributed by atoms with E-state index in [1.807, 2.05) is 25.1 Å². The van der Waals surface area contributed by atoms with Gasteiger partial charge in [0.1, 0.15) is 5.82 Å². The van der Waals surface area contributed by atoms with E-state index in [-0.39, 0.29) is 18.1 Å². The zero-order valence-electron chi connectivity index (χ0n) is 18.7. The smallest absolute Gasteiger partial charge is 0.256 e. The highest BCUT2D eigenvalue weighted by Crippen LogP contribution is 2.28. The SMILES string of the molecule is CO[C@H]1CN(c2nc3ccc(C)cc3cc2C(=O)NC(C)N)CC[C@H]1NCC(C)C. The molecule has 3 rings (SSSR count). The molecule has 0 aliphatic carbocycles. The molecule has 1 aromatic carbocycles. The maximum absolute atomic E-state index is 12.9. The first kappa shape index (κ1) is 22.5. The van der Waals surface area contributed by atoms with E-state index in [1.165, 1.54) is 0 Å². The Kier molecular flexibility index (Phi) is 7.28. The summed E-state index contributed by atoms with van der Waals surface area (Å²) in [5.41, 5.74) is 8.38. The number of nitrogens with two attached hydrogens (primary N) is 1. The summed E-state index contributed by atoms with van der Waals surface area (Å²) in [5, 5.41) is 7.39. The molecule has 1 aliphatic rings. The van der Waals surface area contributed by atoms with Gasteiger partial charge in [0.2, 0.25) is 0 Å². The van der Waals surface area contributed by atoms with Gasteiger partial charge in [0, 0.05) is 31.6 Å². The minimum absolute atomic E-state index is 0.0253. The van der Waals surface area contributed by atoms with Crippen LogP contribution in [0.2, 0.25) is 0 Å². The van der Waals surface area contributed by atoms with Crippen LogP contribution in [-0.2, 0) is 4.74 Å². The molecule has 4 N–H and O–H groups in total. The van der Waals surface area contributed by atoms with Crippen LogP contribution in [0.3, 0.4) is 0 Å². The maximum atomic E-state index is 12.9. The Morgan fingerprint density at radius 1 is 1.33 bits per heavy atom. The Labute approximate surface area is 179 Å². The fourth-order valence-corrected chi connectivity index (χ4v) is 3.95. The van der Waals surface area contributed by atoms with E-state index in [0.29, 0.717) is 23.8 Å². The first-order chi connectivity index (χ1) is 14.3. The number of amides is 1. The Bertz CT molecular complexity index is 883. The molecule has 7 heteroatoms. The molecule has 0 saturated carbocycles. The Hall–Kier alpha value is -2.22. The van der Waals surface area contributed by atoms with Gasteiger partial charge in [-0.05, 0) is 50.9 Å². The standard InChI is InChI=1S/C23H35N5O2/c1-14(2)12-25-20-8-9-28(13-21(20)30-5)22-18(23(29)26-16(4)24)11-17-10-15(3)6-7-19(17)27-22/h6-7,10-11,14,16,20-21,25H,8-9,12-13,24H2,1-5H3,(H,26,29)/t16?,20-,21+/m1/s1. The highest BCUT2D eigenvalue weighted by molar-refractivity contribution is 6.02. The summed E-state index contributed by atoms with van der Waals surface area (Å²) in [6.07, 6.45) is 0.515. The molecule has 1 aliphatic heterocycles. The molecule has 0 bridgehead atoms. The van der Waals surface area contributed by atoms with E-state index in [1.54, 1.807) is 14.0 Å². The van der Waals surface area contributed by atoms with Crippen molar-refractivity contribution >= 4 is 22.6 Å². The van der Waals surface area contributed by atoms with Crippen LogP contribution in [0.4, 0.5) is 5.82 Å². The monoisotopic (exact) mass is 413 g/mol. The summed E-state index contributed by atoms with van der Waals surface area (Å²) in [6.45, 7) is 10.6. The highest BCUT2D eigenvalue weighted by atomic mass is 16.5. The first-order valence-corrected chi connectivity index (χ1v) is 10.8. The second-order valence-corrected chi connectivity index (χ2v) is 8.74. The molecule has 30 heavy (non-hydrogen) atoms. The summed E-state index contributed by atoms with van der Waals surface area (Å²) in [4.78, 5) is 20.0. The van der Waals surface area contributed by atoms with Crippen molar-refractivity contribution in [2.45, 2.75) is 52.4 Å². The second kappa shape index (κ2) is 9.73. The number of hydrogen-bond acceptors (Lipinski definition) is 6. The van der Waals surface area contributed by atoms with Crippen molar-refractivity contribution in [3.8, 4) is 0 Å². The fourth-order valence-electron chi connectivity index (χ4n) is 3.95. The van der Waals surface area contributed by atoms with Crippen molar-refractivity contribution in [3.05, 3.63) is 35.4 Å². The molecule has 3 atom stereocenters. The van der Waals surface area contributed by atoms with Gasteiger partial charge in [-0.15, -0.1) is 0 Å². The number of benzene rings is 1. The average Bonchev–Trinajstić information content (AvgIpc) is 2.70. The average molecular weight is 414 g/mol. The van der Waals surface area contributed by atoms with E-state index in [2.05, 4.69) is 35.4 Å². The van der Waals surface area contributed by atoms with Gasteiger partial charge in [-0.2, -0.15) is 0 Å². The second-order valence-electron chi connectivity index (χ2n) is 8.74. The lowest BCUT2D eigenvalue weighted by Crippen LogP contribution is -2.54. The van der Waals surface area contributed by atoms with Crippen molar-refractivity contribution in [1.82, 2.24) is 15.6 Å². The van der Waals surface area contributed by atoms with Gasteiger partial charge < -0.3 is 26.0 Å². The van der Waals surface area contributed by atoms with Gasteiger partial charge in [0.25, 0.3) is 5.91 Å². The Balaban J connectivity index is 1.93. The topological polar surface area (TPSA) is 92.5 Å². The van der Waals surface area contributed by atoms with E-state index < -0.39 is 6.17 Å². The van der Waals surface area contributed by atoms with Crippen LogP contribution in [0.1, 0.15) is 43.1 Å². The molecule has 1 fully saturated rings. The van der Waals surface area contributed by atoms with Crippen LogP contribution >= 0.6 is 0 Å². The summed E-state index contributed by atoms with van der Waals surface area (Å²) in [7, 11) is 1.75. The molecule has 1 amide bonds. The van der Waals surface area contributed by atoms with Crippen molar-refractivity contribution in [3.63, 3.8) is 0 Å². The number of piperidine rings is 1. The number of ether oxygens (including phenoxy) is 1. The number of methoxy groups -OCH3 is 1. The summed E-state index contributed by atoms with van der Waals surface area (Å²) >= 11 is 0. The van der Waals surface area contributed by atoms with Crippen LogP contribution in [0, 0.1) is 12.8 Å². The molecule has 1 aromatic heterocycles. The Morgan fingerprint density at radius 3 is 2.77 bits per heavy atom. The van der Waals surface area contributed by atoms with Crippen LogP contribution in [0.5, 0.6) is 0 Å². The van der Waals surface area contributed by atoms with E-state index in [0.717, 1.165) is 36.0 Å². The summed E-state index contributed by atoms with van der Waals surface area (Å²) in [6, 6.07) is 8.31. The third-order valence-corrected chi connectivity index (χ3v) is 5.50. The van der Waals surface area contributed by atoms with E-state index in [9.17, 15) is 4.79 Å². The third-order valence-electron chi connectivity index (χ3n) is 5.50. The summed E-state index contributed by atoms with van der Waals surface area (Å²) in [5.74, 6) is 1.07. The van der Waals surface area contributed by atoms with Crippen LogP contribution < -0.4 is 21.3 Å². The fraction of sp³-hybridized carbons (Fsp3) is 0.565. The molecule has 0 radical (unpaired) electrons.